The lowest BCUT2D eigenvalue weighted by Crippen LogP contribution is -2.43. The summed E-state index contributed by atoms with van der Waals surface area (Å²) in [5.41, 5.74) is 3.99. The minimum atomic E-state index is -0.911. The smallest absolute Gasteiger partial charge is 0.303 e. The zero-order chi connectivity index (χ0) is 30.2. The van der Waals surface area contributed by atoms with Crippen LogP contribution in [0.4, 0.5) is 5.69 Å². The number of rotatable bonds is 11. The second-order valence-corrected chi connectivity index (χ2v) is 10.7. The molecule has 1 aliphatic heterocycles. The van der Waals surface area contributed by atoms with Crippen LogP contribution < -0.4 is 5.32 Å². The normalized spacial score (nSPS) is 20.9. The van der Waals surface area contributed by atoms with Crippen molar-refractivity contribution >= 4 is 17.6 Å². The molecule has 1 fully saturated rings. The lowest BCUT2D eigenvalue weighted by atomic mass is 9.98. The summed E-state index contributed by atoms with van der Waals surface area (Å²) < 4.78 is 17.8. The van der Waals surface area contributed by atoms with E-state index in [4.69, 9.17) is 14.2 Å². The van der Waals surface area contributed by atoms with Gasteiger partial charge in [-0.2, -0.15) is 0 Å². The van der Waals surface area contributed by atoms with Crippen molar-refractivity contribution in [3.8, 4) is 0 Å². The van der Waals surface area contributed by atoms with E-state index in [1.54, 1.807) is 12.1 Å². The van der Waals surface area contributed by atoms with Gasteiger partial charge in [0.05, 0.1) is 24.9 Å². The van der Waals surface area contributed by atoms with Crippen molar-refractivity contribution in [2.45, 2.75) is 70.5 Å². The molecular weight excluding hydrogens is 536 g/mol. The number of nitrogens with one attached hydrogen (secondary N) is 1. The first-order valence-corrected chi connectivity index (χ1v) is 14.2. The van der Waals surface area contributed by atoms with Gasteiger partial charge >= 0.3 is 5.97 Å². The van der Waals surface area contributed by atoms with Gasteiger partial charge in [0.1, 0.15) is 0 Å². The Balaban J connectivity index is 1.49. The topological polar surface area (TPSA) is 118 Å². The molecule has 6 atom stereocenters. The van der Waals surface area contributed by atoms with E-state index in [-0.39, 0.29) is 24.9 Å². The van der Waals surface area contributed by atoms with Crippen LogP contribution in [0.3, 0.4) is 0 Å². The van der Waals surface area contributed by atoms with Gasteiger partial charge in [-0.1, -0.05) is 66.7 Å². The maximum atomic E-state index is 12.3. The molecule has 9 heteroatoms. The number of hydrogen-bond acceptors (Lipinski definition) is 8. The SMILES string of the molecule is CC(=O)O[C@@H](C)C(=O)Nc1ccc([C@@H]2O[C@H](CN(C)[C@@H](C)[C@H](O)c3ccccc3)C[C@H](c3ccc(CO)cc3)O2)cc1. The maximum Gasteiger partial charge on any atom is 0.303 e. The summed E-state index contributed by atoms with van der Waals surface area (Å²) in [6.07, 6.45) is -2.08. The van der Waals surface area contributed by atoms with Crippen LogP contribution in [0, 0.1) is 0 Å². The summed E-state index contributed by atoms with van der Waals surface area (Å²) in [5.74, 6) is -0.950. The van der Waals surface area contributed by atoms with Crippen molar-refractivity contribution in [1.82, 2.24) is 4.90 Å². The number of likely N-dealkylation sites (N-methyl/N-ethyl adjacent to an activating group) is 1. The first-order chi connectivity index (χ1) is 20.1. The van der Waals surface area contributed by atoms with Gasteiger partial charge in [0, 0.05) is 37.2 Å². The van der Waals surface area contributed by atoms with Crippen LogP contribution in [-0.4, -0.2) is 58.8 Å². The maximum absolute atomic E-state index is 12.3. The van der Waals surface area contributed by atoms with Gasteiger partial charge in [0.2, 0.25) is 0 Å². The van der Waals surface area contributed by atoms with Gasteiger partial charge < -0.3 is 29.7 Å². The number of anilines is 1. The fourth-order valence-corrected chi connectivity index (χ4v) is 4.96. The summed E-state index contributed by atoms with van der Waals surface area (Å²) in [6.45, 7) is 5.30. The molecule has 3 aromatic rings. The van der Waals surface area contributed by atoms with Crippen molar-refractivity contribution in [2.75, 3.05) is 18.9 Å². The molecule has 1 amide bonds. The molecule has 0 aliphatic carbocycles. The largest absolute Gasteiger partial charge is 0.453 e. The second-order valence-electron chi connectivity index (χ2n) is 10.7. The van der Waals surface area contributed by atoms with Crippen LogP contribution in [0.5, 0.6) is 0 Å². The third-order valence-corrected chi connectivity index (χ3v) is 7.56. The summed E-state index contributed by atoms with van der Waals surface area (Å²) in [7, 11) is 1.98. The van der Waals surface area contributed by atoms with E-state index in [2.05, 4.69) is 10.2 Å². The van der Waals surface area contributed by atoms with Crippen molar-refractivity contribution in [3.05, 3.63) is 101 Å². The van der Waals surface area contributed by atoms with Gasteiger partial charge in [-0.3, -0.25) is 14.5 Å². The highest BCUT2D eigenvalue weighted by atomic mass is 16.7. The minimum absolute atomic E-state index is 0.0326. The van der Waals surface area contributed by atoms with Crippen molar-refractivity contribution in [2.24, 2.45) is 0 Å². The highest BCUT2D eigenvalue weighted by Crippen LogP contribution is 2.38. The zero-order valence-corrected chi connectivity index (χ0v) is 24.5. The van der Waals surface area contributed by atoms with E-state index in [1.807, 2.05) is 80.7 Å². The number of nitrogens with zero attached hydrogens (tertiary/aromatic N) is 1. The number of aliphatic hydroxyl groups is 2. The summed E-state index contributed by atoms with van der Waals surface area (Å²) in [6, 6.07) is 24.3. The van der Waals surface area contributed by atoms with Gasteiger partial charge in [-0.15, -0.1) is 0 Å². The molecule has 0 radical (unpaired) electrons. The van der Waals surface area contributed by atoms with E-state index in [9.17, 15) is 19.8 Å². The van der Waals surface area contributed by atoms with Crippen LogP contribution in [0.25, 0.3) is 0 Å². The molecule has 224 valence electrons. The number of carbonyl (C=O) groups is 2. The lowest BCUT2D eigenvalue weighted by Gasteiger charge is -2.39. The van der Waals surface area contributed by atoms with Crippen molar-refractivity contribution in [3.63, 3.8) is 0 Å². The van der Waals surface area contributed by atoms with Gasteiger partial charge in [0.25, 0.3) is 5.91 Å². The van der Waals surface area contributed by atoms with E-state index in [1.165, 1.54) is 13.8 Å². The number of benzene rings is 3. The monoisotopic (exact) mass is 576 g/mol. The van der Waals surface area contributed by atoms with Crippen molar-refractivity contribution < 1.29 is 34.0 Å². The van der Waals surface area contributed by atoms with E-state index in [0.29, 0.717) is 18.7 Å². The molecule has 3 aromatic carbocycles. The Bertz CT molecular complexity index is 1300. The highest BCUT2D eigenvalue weighted by Gasteiger charge is 2.34. The molecule has 9 nitrogen and oxygen atoms in total. The molecule has 1 saturated heterocycles. The van der Waals surface area contributed by atoms with Crippen LogP contribution in [-0.2, 0) is 30.4 Å². The Kier molecular flexibility index (Phi) is 10.8. The third-order valence-electron chi connectivity index (χ3n) is 7.56. The fraction of sp³-hybridized carbons (Fsp3) is 0.394. The molecule has 0 bridgehead atoms. The Morgan fingerprint density at radius 3 is 2.24 bits per heavy atom. The van der Waals surface area contributed by atoms with Crippen LogP contribution in [0.1, 0.15) is 67.9 Å². The Hall–Kier alpha value is -3.60. The predicted molar refractivity (Wildman–Crippen MR) is 158 cm³/mol. The second kappa shape index (κ2) is 14.5. The number of hydrogen-bond donors (Lipinski definition) is 3. The van der Waals surface area contributed by atoms with Crippen molar-refractivity contribution in [1.29, 1.82) is 0 Å². The number of carbonyl (C=O) groups excluding carboxylic acids is 2. The highest BCUT2D eigenvalue weighted by molar-refractivity contribution is 5.94. The average Bonchev–Trinajstić information content (AvgIpc) is 3.00. The summed E-state index contributed by atoms with van der Waals surface area (Å²) in [5, 5.41) is 23.2. The van der Waals surface area contributed by atoms with Gasteiger partial charge in [-0.25, -0.2) is 0 Å². The predicted octanol–water partition coefficient (Wildman–Crippen LogP) is 4.67. The lowest BCUT2D eigenvalue weighted by molar-refractivity contribution is -0.253. The molecule has 1 aliphatic rings. The molecule has 0 saturated carbocycles. The number of aliphatic hydroxyl groups excluding tert-OH is 2. The molecule has 0 aromatic heterocycles. The molecule has 3 N–H and O–H groups in total. The minimum Gasteiger partial charge on any atom is -0.453 e. The van der Waals surface area contributed by atoms with Gasteiger partial charge in [0.15, 0.2) is 12.4 Å². The number of esters is 1. The quantitative estimate of drug-likeness (QED) is 0.282. The molecule has 0 spiro atoms. The van der Waals surface area contributed by atoms with Crippen LogP contribution >= 0.6 is 0 Å². The molecule has 0 unspecified atom stereocenters. The Labute approximate surface area is 247 Å². The molecule has 1 heterocycles. The van der Waals surface area contributed by atoms with Crippen LogP contribution in [0.2, 0.25) is 0 Å². The Morgan fingerprint density at radius 2 is 1.62 bits per heavy atom. The fourth-order valence-electron chi connectivity index (χ4n) is 4.96. The standard InChI is InChI=1S/C33H40N2O7/c1-21(31(38)26-8-6-5-7-9-26)35(4)19-29-18-30(25-12-10-24(20-36)11-13-25)42-33(41-29)27-14-16-28(17-15-27)34-32(39)22(2)40-23(3)37/h5-17,21-22,29-31,33,36,38H,18-20H2,1-4H3,(H,34,39)/t21-,22-,29-,30+,31-,33+/m0/s1. The molecular formula is C33H40N2O7. The average molecular weight is 577 g/mol. The third kappa shape index (κ3) is 8.24. The van der Waals surface area contributed by atoms with E-state index in [0.717, 1.165) is 22.3 Å². The summed E-state index contributed by atoms with van der Waals surface area (Å²) in [4.78, 5) is 25.6. The number of amides is 1. The van der Waals surface area contributed by atoms with E-state index < -0.39 is 30.4 Å². The number of ether oxygens (including phenoxy) is 3. The van der Waals surface area contributed by atoms with Crippen LogP contribution in [0.15, 0.2) is 78.9 Å². The molecule has 4 rings (SSSR count). The van der Waals surface area contributed by atoms with E-state index >= 15 is 0 Å². The zero-order valence-electron chi connectivity index (χ0n) is 24.5. The Morgan fingerprint density at radius 1 is 0.976 bits per heavy atom. The molecule has 42 heavy (non-hydrogen) atoms. The first kappa shape index (κ1) is 31.3. The first-order valence-electron chi connectivity index (χ1n) is 14.2. The summed E-state index contributed by atoms with van der Waals surface area (Å²) >= 11 is 0. The van der Waals surface area contributed by atoms with Gasteiger partial charge in [-0.05, 0) is 49.7 Å².